The minimum atomic E-state index is 0.00997. The van der Waals surface area contributed by atoms with E-state index in [9.17, 15) is 4.79 Å². The smallest absolute Gasteiger partial charge is 0.251 e. The number of carbonyl (C=O) groups excluding carboxylic acids is 1. The van der Waals surface area contributed by atoms with E-state index in [1.54, 1.807) is 0 Å². The summed E-state index contributed by atoms with van der Waals surface area (Å²) in [6.07, 6.45) is 7.69. The first-order chi connectivity index (χ1) is 10.2. The first-order valence-electron chi connectivity index (χ1n) is 8.14. The van der Waals surface area contributed by atoms with Crippen LogP contribution in [0.1, 0.15) is 60.0 Å². The second-order valence-corrected chi connectivity index (χ2v) is 6.04. The number of rotatable bonds is 6. The summed E-state index contributed by atoms with van der Waals surface area (Å²) >= 11 is 0. The van der Waals surface area contributed by atoms with Gasteiger partial charge in [-0.25, -0.2) is 0 Å². The summed E-state index contributed by atoms with van der Waals surface area (Å²) in [6, 6.07) is 5.83. The Morgan fingerprint density at radius 3 is 2.67 bits per heavy atom. The van der Waals surface area contributed by atoms with Crippen LogP contribution in [0.3, 0.4) is 0 Å². The molecule has 1 saturated carbocycles. The van der Waals surface area contributed by atoms with Crippen LogP contribution in [0.4, 0.5) is 0 Å². The van der Waals surface area contributed by atoms with Crippen LogP contribution in [0.2, 0.25) is 0 Å². The Bertz CT molecular complexity index is 464. The molecule has 2 rings (SSSR count). The number of ether oxygens (including phenoxy) is 1. The minimum Gasteiger partial charge on any atom is -0.378 e. The Morgan fingerprint density at radius 1 is 1.19 bits per heavy atom. The van der Waals surface area contributed by atoms with Gasteiger partial charge >= 0.3 is 0 Å². The zero-order valence-corrected chi connectivity index (χ0v) is 13.3. The number of aryl methyl sites for hydroxylation is 2. The van der Waals surface area contributed by atoms with Gasteiger partial charge in [0.1, 0.15) is 0 Å². The highest BCUT2D eigenvalue weighted by Gasteiger charge is 2.13. The Hall–Kier alpha value is -1.35. The maximum atomic E-state index is 12.0. The third-order valence-electron chi connectivity index (χ3n) is 4.28. The quantitative estimate of drug-likeness (QED) is 0.810. The van der Waals surface area contributed by atoms with E-state index in [0.717, 1.165) is 24.2 Å². The second kappa shape index (κ2) is 8.18. The molecule has 0 bridgehead atoms. The van der Waals surface area contributed by atoms with Crippen LogP contribution in [-0.2, 0) is 4.74 Å². The van der Waals surface area contributed by atoms with Crippen LogP contribution in [0.25, 0.3) is 0 Å². The molecule has 0 spiro atoms. The molecule has 0 unspecified atom stereocenters. The summed E-state index contributed by atoms with van der Waals surface area (Å²) in [5.41, 5.74) is 3.11. The Balaban J connectivity index is 1.63. The third-order valence-corrected chi connectivity index (χ3v) is 4.28. The number of hydrogen-bond donors (Lipinski definition) is 1. The highest BCUT2D eigenvalue weighted by molar-refractivity contribution is 5.94. The van der Waals surface area contributed by atoms with Gasteiger partial charge in [-0.05, 0) is 56.4 Å². The molecule has 0 aromatic heterocycles. The molecular formula is C18H27NO2. The first kappa shape index (κ1) is 16.0. The molecule has 1 aliphatic carbocycles. The molecule has 1 aromatic rings. The number of benzene rings is 1. The number of nitrogens with one attached hydrogen (secondary N) is 1. The zero-order chi connectivity index (χ0) is 15.1. The number of amides is 1. The van der Waals surface area contributed by atoms with E-state index in [4.69, 9.17) is 4.74 Å². The van der Waals surface area contributed by atoms with Crippen molar-refractivity contribution in [1.82, 2.24) is 5.32 Å². The monoisotopic (exact) mass is 289 g/mol. The fourth-order valence-electron chi connectivity index (χ4n) is 2.74. The fourth-order valence-corrected chi connectivity index (χ4v) is 2.74. The molecule has 3 heteroatoms. The average Bonchev–Trinajstić information content (AvgIpc) is 2.50. The lowest BCUT2D eigenvalue weighted by Crippen LogP contribution is -2.26. The van der Waals surface area contributed by atoms with Crippen molar-refractivity contribution in [2.24, 2.45) is 0 Å². The van der Waals surface area contributed by atoms with Gasteiger partial charge in [0.25, 0.3) is 5.91 Å². The highest BCUT2D eigenvalue weighted by Crippen LogP contribution is 2.20. The molecule has 1 aromatic carbocycles. The molecule has 1 N–H and O–H groups in total. The summed E-state index contributed by atoms with van der Waals surface area (Å²) in [6.45, 7) is 5.51. The van der Waals surface area contributed by atoms with Crippen LogP contribution < -0.4 is 5.32 Å². The average molecular weight is 289 g/mol. The zero-order valence-electron chi connectivity index (χ0n) is 13.3. The van der Waals surface area contributed by atoms with E-state index in [1.165, 1.54) is 37.7 Å². The van der Waals surface area contributed by atoms with Crippen molar-refractivity contribution in [3.63, 3.8) is 0 Å². The van der Waals surface area contributed by atoms with E-state index in [1.807, 2.05) is 25.1 Å². The summed E-state index contributed by atoms with van der Waals surface area (Å²) in [5, 5.41) is 2.96. The van der Waals surface area contributed by atoms with E-state index < -0.39 is 0 Å². The molecule has 0 radical (unpaired) electrons. The standard InChI is InChI=1S/C18H27NO2/c1-14-9-10-16(13-15(14)2)18(20)19-11-6-12-21-17-7-4-3-5-8-17/h9-10,13,17H,3-8,11-12H2,1-2H3,(H,19,20). The van der Waals surface area contributed by atoms with Crippen molar-refractivity contribution >= 4 is 5.91 Å². The van der Waals surface area contributed by atoms with Gasteiger partial charge in [0.2, 0.25) is 0 Å². The number of hydrogen-bond acceptors (Lipinski definition) is 2. The van der Waals surface area contributed by atoms with Crippen LogP contribution in [0.5, 0.6) is 0 Å². The Labute approximate surface area is 128 Å². The van der Waals surface area contributed by atoms with E-state index in [2.05, 4.69) is 12.2 Å². The molecule has 116 valence electrons. The fraction of sp³-hybridized carbons (Fsp3) is 0.611. The lowest BCUT2D eigenvalue weighted by Gasteiger charge is -2.21. The lowest BCUT2D eigenvalue weighted by atomic mass is 9.98. The predicted molar refractivity (Wildman–Crippen MR) is 85.7 cm³/mol. The van der Waals surface area contributed by atoms with Crippen LogP contribution in [-0.4, -0.2) is 25.2 Å². The molecular weight excluding hydrogens is 262 g/mol. The van der Waals surface area contributed by atoms with Gasteiger partial charge in [-0.2, -0.15) is 0 Å². The third kappa shape index (κ3) is 5.16. The molecule has 1 fully saturated rings. The van der Waals surface area contributed by atoms with Gasteiger partial charge in [0, 0.05) is 18.7 Å². The minimum absolute atomic E-state index is 0.00997. The first-order valence-corrected chi connectivity index (χ1v) is 8.14. The topological polar surface area (TPSA) is 38.3 Å². The predicted octanol–water partition coefficient (Wildman–Crippen LogP) is 3.77. The molecule has 0 atom stereocenters. The van der Waals surface area contributed by atoms with Gasteiger partial charge in [-0.15, -0.1) is 0 Å². The molecule has 0 saturated heterocycles. The van der Waals surface area contributed by atoms with Gasteiger partial charge in [-0.1, -0.05) is 25.3 Å². The lowest BCUT2D eigenvalue weighted by molar-refractivity contribution is 0.0273. The SMILES string of the molecule is Cc1ccc(C(=O)NCCCOC2CCCCC2)cc1C. The largest absolute Gasteiger partial charge is 0.378 e. The Morgan fingerprint density at radius 2 is 1.95 bits per heavy atom. The van der Waals surface area contributed by atoms with Crippen molar-refractivity contribution in [3.8, 4) is 0 Å². The van der Waals surface area contributed by atoms with Gasteiger partial charge in [-0.3, -0.25) is 4.79 Å². The normalized spacial score (nSPS) is 15.9. The highest BCUT2D eigenvalue weighted by atomic mass is 16.5. The van der Waals surface area contributed by atoms with E-state index in [-0.39, 0.29) is 5.91 Å². The maximum absolute atomic E-state index is 12.0. The van der Waals surface area contributed by atoms with Gasteiger partial charge < -0.3 is 10.1 Å². The van der Waals surface area contributed by atoms with Crippen LogP contribution in [0, 0.1) is 13.8 Å². The molecule has 1 aliphatic rings. The summed E-state index contributed by atoms with van der Waals surface area (Å²) in [4.78, 5) is 12.0. The van der Waals surface area contributed by atoms with Gasteiger partial charge in [0.15, 0.2) is 0 Å². The maximum Gasteiger partial charge on any atom is 0.251 e. The number of carbonyl (C=O) groups is 1. The van der Waals surface area contributed by atoms with Crippen LogP contribution in [0.15, 0.2) is 18.2 Å². The van der Waals surface area contributed by atoms with Crippen molar-refractivity contribution in [2.45, 2.75) is 58.5 Å². The van der Waals surface area contributed by atoms with Crippen molar-refractivity contribution in [3.05, 3.63) is 34.9 Å². The van der Waals surface area contributed by atoms with Gasteiger partial charge in [0.05, 0.1) is 6.10 Å². The van der Waals surface area contributed by atoms with Crippen molar-refractivity contribution < 1.29 is 9.53 Å². The van der Waals surface area contributed by atoms with E-state index >= 15 is 0 Å². The summed E-state index contributed by atoms with van der Waals surface area (Å²) < 4.78 is 5.85. The molecule has 0 heterocycles. The second-order valence-electron chi connectivity index (χ2n) is 6.04. The molecule has 0 aliphatic heterocycles. The van der Waals surface area contributed by atoms with Crippen molar-refractivity contribution in [2.75, 3.05) is 13.2 Å². The molecule has 1 amide bonds. The van der Waals surface area contributed by atoms with E-state index in [0.29, 0.717) is 12.6 Å². The molecule has 3 nitrogen and oxygen atoms in total. The Kier molecular flexibility index (Phi) is 6.24. The van der Waals surface area contributed by atoms with Crippen LogP contribution >= 0.6 is 0 Å². The van der Waals surface area contributed by atoms with Crippen molar-refractivity contribution in [1.29, 1.82) is 0 Å². The molecule has 21 heavy (non-hydrogen) atoms. The summed E-state index contributed by atoms with van der Waals surface area (Å²) in [7, 11) is 0. The summed E-state index contributed by atoms with van der Waals surface area (Å²) in [5.74, 6) is 0.00997.